The van der Waals surface area contributed by atoms with Crippen LogP contribution in [0.2, 0.25) is 0 Å². The topological polar surface area (TPSA) is 94.2 Å². The van der Waals surface area contributed by atoms with Gasteiger partial charge in [0.15, 0.2) is 11.5 Å². The Bertz CT molecular complexity index is 955. The van der Waals surface area contributed by atoms with E-state index in [4.69, 9.17) is 14.2 Å². The molecule has 0 atom stereocenters. The van der Waals surface area contributed by atoms with Crippen LogP contribution in [0.3, 0.4) is 0 Å². The zero-order valence-corrected chi connectivity index (χ0v) is 17.2. The fourth-order valence-corrected chi connectivity index (χ4v) is 3.36. The van der Waals surface area contributed by atoms with Crippen LogP contribution in [-0.4, -0.2) is 45.7 Å². The summed E-state index contributed by atoms with van der Waals surface area (Å²) in [7, 11) is 4.18. The Kier molecular flexibility index (Phi) is 6.56. The third kappa shape index (κ3) is 4.53. The number of nitrogens with zero attached hydrogens (tertiary/aromatic N) is 1. The lowest BCUT2D eigenvalue weighted by atomic mass is 10.1. The Hall–Kier alpha value is -3.55. The molecule has 0 saturated carbocycles. The van der Waals surface area contributed by atoms with Gasteiger partial charge in [0.2, 0.25) is 11.8 Å². The number of benzene rings is 2. The summed E-state index contributed by atoms with van der Waals surface area (Å²) in [5.41, 5.74) is 2.03. The summed E-state index contributed by atoms with van der Waals surface area (Å²) >= 11 is 0. The van der Waals surface area contributed by atoms with E-state index in [-0.39, 0.29) is 29.5 Å². The van der Waals surface area contributed by atoms with Crippen molar-refractivity contribution in [2.75, 3.05) is 38.1 Å². The van der Waals surface area contributed by atoms with E-state index in [0.717, 1.165) is 17.7 Å². The van der Waals surface area contributed by atoms with Gasteiger partial charge in [0, 0.05) is 30.8 Å². The number of esters is 1. The summed E-state index contributed by atoms with van der Waals surface area (Å²) in [6.07, 6.45) is 1.53. The van der Waals surface area contributed by atoms with Gasteiger partial charge in [-0.25, -0.2) is 4.79 Å². The van der Waals surface area contributed by atoms with Crippen molar-refractivity contribution < 1.29 is 28.6 Å². The van der Waals surface area contributed by atoms with Crippen molar-refractivity contribution >= 4 is 29.2 Å². The molecule has 8 heteroatoms. The summed E-state index contributed by atoms with van der Waals surface area (Å²) in [6.45, 7) is 0.717. The number of hydrogen-bond acceptors (Lipinski definition) is 6. The maximum Gasteiger partial charge on any atom is 0.340 e. The first kappa shape index (κ1) is 21.2. The Balaban J connectivity index is 1.75. The molecule has 1 aliphatic rings. The van der Waals surface area contributed by atoms with Gasteiger partial charge in [-0.1, -0.05) is 12.1 Å². The van der Waals surface area contributed by atoms with Gasteiger partial charge in [0.1, 0.15) is 0 Å². The Morgan fingerprint density at radius 2 is 1.70 bits per heavy atom. The van der Waals surface area contributed by atoms with Crippen molar-refractivity contribution in [1.82, 2.24) is 0 Å². The Morgan fingerprint density at radius 1 is 1.03 bits per heavy atom. The molecular weight excluding hydrogens is 388 g/mol. The second-order valence-electron chi connectivity index (χ2n) is 6.78. The summed E-state index contributed by atoms with van der Waals surface area (Å²) in [6, 6.07) is 10.3. The van der Waals surface area contributed by atoms with E-state index in [0.29, 0.717) is 24.5 Å². The molecule has 1 fully saturated rings. The molecule has 0 bridgehead atoms. The van der Waals surface area contributed by atoms with Gasteiger partial charge in [-0.3, -0.25) is 9.59 Å². The van der Waals surface area contributed by atoms with Crippen LogP contribution in [-0.2, 0) is 20.7 Å². The van der Waals surface area contributed by atoms with Crippen LogP contribution in [0.5, 0.6) is 11.5 Å². The number of hydrogen-bond donors (Lipinski definition) is 1. The molecule has 2 aromatic carbocycles. The van der Waals surface area contributed by atoms with Crippen LogP contribution < -0.4 is 19.7 Å². The van der Waals surface area contributed by atoms with Gasteiger partial charge < -0.3 is 24.4 Å². The summed E-state index contributed by atoms with van der Waals surface area (Å²) in [4.78, 5) is 38.3. The quantitative estimate of drug-likeness (QED) is 0.703. The van der Waals surface area contributed by atoms with Crippen molar-refractivity contribution in [1.29, 1.82) is 0 Å². The lowest BCUT2D eigenvalue weighted by molar-refractivity contribution is -0.117. The van der Waals surface area contributed by atoms with E-state index < -0.39 is 5.97 Å². The highest BCUT2D eigenvalue weighted by atomic mass is 16.5. The molecule has 30 heavy (non-hydrogen) atoms. The van der Waals surface area contributed by atoms with Gasteiger partial charge in [0.05, 0.1) is 39.0 Å². The number of nitrogens with one attached hydrogen (secondary N) is 1. The van der Waals surface area contributed by atoms with Crippen molar-refractivity contribution in [2.24, 2.45) is 0 Å². The molecule has 0 spiro atoms. The van der Waals surface area contributed by atoms with Crippen molar-refractivity contribution in [3.05, 3.63) is 47.5 Å². The number of rotatable bonds is 7. The second-order valence-corrected chi connectivity index (χ2v) is 6.78. The molecule has 0 aromatic heterocycles. The first-order chi connectivity index (χ1) is 14.5. The smallest absolute Gasteiger partial charge is 0.340 e. The maximum absolute atomic E-state index is 12.6. The lowest BCUT2D eigenvalue weighted by Crippen LogP contribution is -2.23. The fourth-order valence-electron chi connectivity index (χ4n) is 3.36. The molecule has 3 rings (SSSR count). The van der Waals surface area contributed by atoms with E-state index >= 15 is 0 Å². The van der Waals surface area contributed by atoms with Crippen LogP contribution in [0.1, 0.15) is 28.8 Å². The SMILES string of the molecule is COC(=O)c1cc(OC)c(OC)cc1NC(=O)Cc1ccc(N2CCCC2=O)cc1. The fraction of sp³-hybridized carbons (Fsp3) is 0.318. The average molecular weight is 412 g/mol. The van der Waals surface area contributed by atoms with Crippen LogP contribution in [0.4, 0.5) is 11.4 Å². The van der Waals surface area contributed by atoms with E-state index in [1.807, 2.05) is 24.3 Å². The minimum Gasteiger partial charge on any atom is -0.493 e. The third-order valence-corrected chi connectivity index (χ3v) is 4.89. The largest absolute Gasteiger partial charge is 0.493 e. The molecule has 2 aromatic rings. The summed E-state index contributed by atoms with van der Waals surface area (Å²) in [5, 5.41) is 2.74. The molecule has 1 heterocycles. The monoisotopic (exact) mass is 412 g/mol. The minimum absolute atomic E-state index is 0.100. The number of carbonyl (C=O) groups is 3. The van der Waals surface area contributed by atoms with E-state index in [9.17, 15) is 14.4 Å². The average Bonchev–Trinajstić information content (AvgIpc) is 3.19. The van der Waals surface area contributed by atoms with Crippen LogP contribution in [0.15, 0.2) is 36.4 Å². The standard InChI is InChI=1S/C22H24N2O6/c1-28-18-12-16(22(27)30-3)17(13-19(18)29-2)23-20(25)11-14-6-8-15(9-7-14)24-10-4-5-21(24)26/h6-9,12-13H,4-5,10-11H2,1-3H3,(H,23,25). The molecule has 1 N–H and O–H groups in total. The molecule has 1 aliphatic heterocycles. The molecule has 2 amide bonds. The number of ether oxygens (including phenoxy) is 3. The number of amides is 2. The summed E-state index contributed by atoms with van der Waals surface area (Å²) in [5.74, 6) is -0.0735. The van der Waals surface area contributed by atoms with Gasteiger partial charge in [-0.05, 0) is 24.1 Å². The van der Waals surface area contributed by atoms with Crippen LogP contribution >= 0.6 is 0 Å². The first-order valence-electron chi connectivity index (χ1n) is 9.50. The van der Waals surface area contributed by atoms with Gasteiger partial charge in [0.25, 0.3) is 0 Å². The highest BCUT2D eigenvalue weighted by molar-refractivity contribution is 6.02. The number of carbonyl (C=O) groups excluding carboxylic acids is 3. The first-order valence-corrected chi connectivity index (χ1v) is 9.50. The van der Waals surface area contributed by atoms with Gasteiger partial charge >= 0.3 is 5.97 Å². The predicted octanol–water partition coefficient (Wildman–Crippen LogP) is 2.80. The third-order valence-electron chi connectivity index (χ3n) is 4.89. The molecule has 158 valence electrons. The van der Waals surface area contributed by atoms with Gasteiger partial charge in [-0.2, -0.15) is 0 Å². The Morgan fingerprint density at radius 3 is 2.27 bits per heavy atom. The van der Waals surface area contributed by atoms with Crippen molar-refractivity contribution in [2.45, 2.75) is 19.3 Å². The molecule has 0 aliphatic carbocycles. The highest BCUT2D eigenvalue weighted by Crippen LogP contribution is 2.34. The van der Waals surface area contributed by atoms with Crippen LogP contribution in [0, 0.1) is 0 Å². The molecular formula is C22H24N2O6. The predicted molar refractivity (Wildman–Crippen MR) is 111 cm³/mol. The zero-order chi connectivity index (χ0) is 21.7. The molecule has 0 radical (unpaired) electrons. The maximum atomic E-state index is 12.6. The number of methoxy groups -OCH3 is 3. The normalized spacial score (nSPS) is 13.2. The van der Waals surface area contributed by atoms with Crippen molar-refractivity contribution in [3.63, 3.8) is 0 Å². The summed E-state index contributed by atoms with van der Waals surface area (Å²) < 4.78 is 15.3. The highest BCUT2D eigenvalue weighted by Gasteiger charge is 2.22. The molecule has 1 saturated heterocycles. The minimum atomic E-state index is -0.606. The van der Waals surface area contributed by atoms with Crippen LogP contribution in [0.25, 0.3) is 0 Å². The molecule has 8 nitrogen and oxygen atoms in total. The van der Waals surface area contributed by atoms with E-state index in [1.165, 1.54) is 33.5 Å². The zero-order valence-electron chi connectivity index (χ0n) is 17.2. The number of anilines is 2. The van der Waals surface area contributed by atoms with E-state index in [1.54, 1.807) is 4.90 Å². The van der Waals surface area contributed by atoms with Crippen molar-refractivity contribution in [3.8, 4) is 11.5 Å². The molecule has 0 unspecified atom stereocenters. The van der Waals surface area contributed by atoms with E-state index in [2.05, 4.69) is 5.32 Å². The van der Waals surface area contributed by atoms with Gasteiger partial charge in [-0.15, -0.1) is 0 Å². The Labute approximate surface area is 174 Å². The lowest BCUT2D eigenvalue weighted by Gasteiger charge is -2.16. The second kappa shape index (κ2) is 9.30.